The number of ketones is 2. The van der Waals surface area contributed by atoms with E-state index in [1.54, 1.807) is 60.7 Å². The third-order valence-electron chi connectivity index (χ3n) is 3.65. The summed E-state index contributed by atoms with van der Waals surface area (Å²) in [6, 6.07) is 17.2. The van der Waals surface area contributed by atoms with Gasteiger partial charge in [0.15, 0.2) is 5.78 Å². The van der Waals surface area contributed by atoms with Crippen molar-refractivity contribution in [2.75, 3.05) is 13.1 Å². The van der Waals surface area contributed by atoms with Gasteiger partial charge in [-0.3, -0.25) is 15.2 Å². The highest BCUT2D eigenvalue weighted by molar-refractivity contribution is 6.26. The molecule has 0 unspecified atom stereocenters. The van der Waals surface area contributed by atoms with Gasteiger partial charge >= 0.3 is 0 Å². The van der Waals surface area contributed by atoms with E-state index in [1.165, 1.54) is 12.4 Å². The molecule has 0 heterocycles. The molecule has 138 valence electrons. The van der Waals surface area contributed by atoms with Crippen molar-refractivity contribution in [2.24, 2.45) is 4.99 Å². The van der Waals surface area contributed by atoms with Gasteiger partial charge in [0.05, 0.1) is 13.1 Å². The van der Waals surface area contributed by atoms with Crippen LogP contribution in [0.5, 0.6) is 0 Å². The molecular formula is C22H18N4O2. The van der Waals surface area contributed by atoms with Gasteiger partial charge in [-0.2, -0.15) is 0 Å². The zero-order valence-corrected chi connectivity index (χ0v) is 15.1. The fraction of sp³-hybridized carbons (Fsp3) is 0.0909. The van der Waals surface area contributed by atoms with Crippen molar-refractivity contribution in [1.29, 1.82) is 5.41 Å². The normalized spacial score (nSPS) is 10.8. The van der Waals surface area contributed by atoms with Crippen LogP contribution in [-0.2, 0) is 0 Å². The van der Waals surface area contributed by atoms with Crippen LogP contribution in [-0.4, -0.2) is 36.7 Å². The van der Waals surface area contributed by atoms with Crippen molar-refractivity contribution in [1.82, 2.24) is 5.32 Å². The number of nitrogens with zero attached hydrogens (tertiary/aromatic N) is 2. The Hall–Kier alpha value is -4.07. The predicted molar refractivity (Wildman–Crippen MR) is 109 cm³/mol. The fourth-order valence-electron chi connectivity index (χ4n) is 2.23. The molecule has 0 aromatic heterocycles. The average molecular weight is 370 g/mol. The Bertz CT molecular complexity index is 980. The summed E-state index contributed by atoms with van der Waals surface area (Å²) in [5, 5.41) is 10.1. The van der Waals surface area contributed by atoms with Crippen LogP contribution in [0.25, 0.3) is 4.85 Å². The minimum absolute atomic E-state index is 0.0190. The maximum atomic E-state index is 12.2. The van der Waals surface area contributed by atoms with Crippen LogP contribution < -0.4 is 5.32 Å². The van der Waals surface area contributed by atoms with Crippen molar-refractivity contribution in [3.63, 3.8) is 0 Å². The topological polar surface area (TPSA) is 86.7 Å². The van der Waals surface area contributed by atoms with Gasteiger partial charge in [-0.25, -0.2) is 4.85 Å². The highest BCUT2D eigenvalue weighted by atomic mass is 16.1. The van der Waals surface area contributed by atoms with Crippen LogP contribution >= 0.6 is 0 Å². The third kappa shape index (κ3) is 5.73. The Balaban J connectivity index is 1.88. The molecule has 0 spiro atoms. The second kappa shape index (κ2) is 10.8. The number of nitrogens with one attached hydrogen (secondary N) is 2. The van der Waals surface area contributed by atoms with Gasteiger partial charge in [0.2, 0.25) is 11.5 Å². The first-order valence-corrected chi connectivity index (χ1v) is 8.47. The Kier molecular flexibility index (Phi) is 7.82. The summed E-state index contributed by atoms with van der Waals surface area (Å²) in [5.41, 5.74) is 0.952. The Morgan fingerprint density at radius 2 is 1.61 bits per heavy atom. The molecular weight excluding hydrogens is 352 g/mol. The SMILES string of the molecule is [C-]#[N+]C(=CNCCN=CC(=C=N)C(=O)c1ccccc1)C(=O)c1ccccc1. The molecule has 0 amide bonds. The highest BCUT2D eigenvalue weighted by Crippen LogP contribution is 2.08. The molecule has 2 N–H and O–H groups in total. The van der Waals surface area contributed by atoms with Crippen molar-refractivity contribution in [3.8, 4) is 0 Å². The molecule has 6 nitrogen and oxygen atoms in total. The van der Waals surface area contributed by atoms with Crippen LogP contribution in [0.2, 0.25) is 0 Å². The molecule has 0 radical (unpaired) electrons. The minimum atomic E-state index is -0.353. The highest BCUT2D eigenvalue weighted by Gasteiger charge is 2.11. The molecule has 0 aliphatic rings. The van der Waals surface area contributed by atoms with E-state index in [4.69, 9.17) is 12.0 Å². The van der Waals surface area contributed by atoms with Crippen LogP contribution in [0.1, 0.15) is 20.7 Å². The molecule has 0 aliphatic heterocycles. The first kappa shape index (κ1) is 20.2. The number of allylic oxidation sites excluding steroid dienone is 2. The summed E-state index contributed by atoms with van der Waals surface area (Å²) in [4.78, 5) is 31.8. The lowest BCUT2D eigenvalue weighted by Gasteiger charge is -2.01. The number of carbonyl (C=O) groups is 2. The van der Waals surface area contributed by atoms with E-state index in [2.05, 4.69) is 21.0 Å². The molecule has 6 heteroatoms. The quantitative estimate of drug-likeness (QED) is 0.233. The monoisotopic (exact) mass is 370 g/mol. The van der Waals surface area contributed by atoms with Crippen LogP contribution in [0, 0.1) is 12.0 Å². The number of rotatable bonds is 9. The molecule has 0 aliphatic carbocycles. The number of aliphatic imine (C=N–C) groups is 1. The van der Waals surface area contributed by atoms with E-state index < -0.39 is 0 Å². The molecule has 0 bridgehead atoms. The molecule has 2 aromatic rings. The number of benzene rings is 2. The molecule has 2 aromatic carbocycles. The van der Waals surface area contributed by atoms with Gasteiger partial charge in [0.25, 0.3) is 0 Å². The Labute approximate surface area is 163 Å². The smallest absolute Gasteiger partial charge is 0.249 e. The Morgan fingerprint density at radius 1 is 1.04 bits per heavy atom. The molecule has 0 saturated carbocycles. The second-order valence-corrected chi connectivity index (χ2v) is 5.56. The fourth-order valence-corrected chi connectivity index (χ4v) is 2.23. The largest absolute Gasteiger partial charge is 0.398 e. The standard InChI is InChI=1S/C22H18N4O2/c1-24-20(22(28)18-10-6-3-7-11-18)16-26-13-12-25-15-19(14-23)21(27)17-8-4-2-5-9-17/h2-11,15-16,23,26H,12-13H2. The van der Waals surface area contributed by atoms with E-state index in [0.29, 0.717) is 24.2 Å². The predicted octanol–water partition coefficient (Wildman–Crippen LogP) is 3.35. The number of hydrogen-bond donors (Lipinski definition) is 2. The minimum Gasteiger partial charge on any atom is -0.398 e. The van der Waals surface area contributed by atoms with Gasteiger partial charge in [0, 0.05) is 30.1 Å². The van der Waals surface area contributed by atoms with Crippen molar-refractivity contribution < 1.29 is 9.59 Å². The summed E-state index contributed by atoms with van der Waals surface area (Å²) in [6.45, 7) is 7.83. The molecule has 2 rings (SSSR count). The van der Waals surface area contributed by atoms with Crippen LogP contribution in [0.3, 0.4) is 0 Å². The van der Waals surface area contributed by atoms with Gasteiger partial charge in [-0.15, -0.1) is 0 Å². The average Bonchev–Trinajstić information content (AvgIpc) is 2.76. The number of Topliss-reactive ketones (excluding diaryl/α,β-unsaturated/α-hetero) is 2. The van der Waals surface area contributed by atoms with Gasteiger partial charge in [-0.05, 0) is 5.87 Å². The van der Waals surface area contributed by atoms with Gasteiger partial charge < -0.3 is 10.1 Å². The van der Waals surface area contributed by atoms with E-state index >= 15 is 0 Å². The van der Waals surface area contributed by atoms with Crippen molar-refractivity contribution in [3.05, 3.63) is 101 Å². The van der Waals surface area contributed by atoms with Gasteiger partial charge in [-0.1, -0.05) is 60.7 Å². The molecule has 0 saturated heterocycles. The first-order chi connectivity index (χ1) is 13.7. The maximum Gasteiger partial charge on any atom is 0.249 e. The van der Waals surface area contributed by atoms with E-state index in [1.807, 2.05) is 0 Å². The number of hydrogen-bond acceptors (Lipinski definition) is 5. The summed E-state index contributed by atoms with van der Waals surface area (Å²) in [7, 11) is 0. The lowest BCUT2D eigenvalue weighted by atomic mass is 10.1. The van der Waals surface area contributed by atoms with E-state index in [0.717, 1.165) is 0 Å². The lowest BCUT2D eigenvalue weighted by molar-refractivity contribution is 0.103. The first-order valence-electron chi connectivity index (χ1n) is 8.47. The summed E-state index contributed by atoms with van der Waals surface area (Å²) in [6.07, 6.45) is 2.67. The maximum absolute atomic E-state index is 12.2. The summed E-state index contributed by atoms with van der Waals surface area (Å²) < 4.78 is 0. The third-order valence-corrected chi connectivity index (χ3v) is 3.65. The summed E-state index contributed by atoms with van der Waals surface area (Å²) in [5.74, 6) is 1.43. The zero-order chi connectivity index (χ0) is 20.2. The van der Waals surface area contributed by atoms with Gasteiger partial charge in [0.1, 0.15) is 5.57 Å². The zero-order valence-electron chi connectivity index (χ0n) is 15.1. The van der Waals surface area contributed by atoms with E-state index in [9.17, 15) is 9.59 Å². The number of carbonyl (C=O) groups excluding carboxylic acids is 2. The second-order valence-electron chi connectivity index (χ2n) is 5.56. The van der Waals surface area contributed by atoms with Crippen LogP contribution in [0.15, 0.2) is 83.1 Å². The van der Waals surface area contributed by atoms with Crippen molar-refractivity contribution in [2.45, 2.75) is 0 Å². The summed E-state index contributed by atoms with van der Waals surface area (Å²) >= 11 is 0. The molecule has 0 atom stereocenters. The van der Waals surface area contributed by atoms with Crippen molar-refractivity contribution >= 4 is 23.7 Å². The van der Waals surface area contributed by atoms with Crippen LogP contribution in [0.4, 0.5) is 0 Å². The lowest BCUT2D eigenvalue weighted by Crippen LogP contribution is -2.13. The van der Waals surface area contributed by atoms with E-state index in [-0.39, 0.29) is 22.8 Å². The Morgan fingerprint density at radius 3 is 2.14 bits per heavy atom. The molecule has 28 heavy (non-hydrogen) atoms. The molecule has 0 fully saturated rings.